The number of rotatable bonds is 7. The highest BCUT2D eigenvalue weighted by Crippen LogP contribution is 2.32. The van der Waals surface area contributed by atoms with Crippen molar-refractivity contribution in [2.24, 2.45) is 0 Å². The summed E-state index contributed by atoms with van der Waals surface area (Å²) in [6.45, 7) is 7.69. The molecule has 164 valence electrons. The van der Waals surface area contributed by atoms with Gasteiger partial charge in [0.05, 0.1) is 27.4 Å². The number of amides is 1. The Labute approximate surface area is 195 Å². The van der Waals surface area contributed by atoms with Crippen LogP contribution >= 0.6 is 34.5 Å². The van der Waals surface area contributed by atoms with Crippen molar-refractivity contribution < 1.29 is 9.53 Å². The molecule has 2 aromatic carbocycles. The minimum absolute atomic E-state index is 0.179. The third-order valence-corrected chi connectivity index (χ3v) is 6.82. The average Bonchev–Trinajstić information content (AvgIpc) is 3.18. The predicted molar refractivity (Wildman–Crippen MR) is 128 cm³/mol. The molecule has 6 nitrogen and oxygen atoms in total. The molecule has 1 N–H and O–H groups in total. The number of nitrogens with zero attached hydrogens (tertiary/aromatic N) is 3. The van der Waals surface area contributed by atoms with Crippen LogP contribution in [0.1, 0.15) is 17.3 Å². The Balaban J connectivity index is 1.26. The number of anilines is 1. The van der Waals surface area contributed by atoms with E-state index in [9.17, 15) is 4.79 Å². The summed E-state index contributed by atoms with van der Waals surface area (Å²) < 4.78 is 6.74. The third-order valence-electron chi connectivity index (χ3n) is 5.19. The van der Waals surface area contributed by atoms with Crippen LogP contribution in [0.5, 0.6) is 5.75 Å². The lowest BCUT2D eigenvalue weighted by Gasteiger charge is -2.34. The van der Waals surface area contributed by atoms with E-state index >= 15 is 0 Å². The quantitative estimate of drug-likeness (QED) is 0.539. The zero-order chi connectivity index (χ0) is 21.8. The van der Waals surface area contributed by atoms with Gasteiger partial charge in [-0.3, -0.25) is 9.69 Å². The van der Waals surface area contributed by atoms with Crippen molar-refractivity contribution in [3.8, 4) is 5.75 Å². The molecule has 0 aliphatic carbocycles. The summed E-state index contributed by atoms with van der Waals surface area (Å²) in [5.41, 5.74) is 1.45. The standard InChI is InChI=1S/C22H24Cl2N4O2S/c1-2-30-16-4-6-19-20(14-16)31-22(26-19)28-11-9-27(10-12-28)8-7-25-21(29)17-5-3-15(23)13-18(17)24/h3-6,13-14H,2,7-12H2,1H3,(H,25,29). The van der Waals surface area contributed by atoms with E-state index in [1.165, 1.54) is 0 Å². The number of ether oxygens (including phenoxy) is 1. The highest BCUT2D eigenvalue weighted by atomic mass is 35.5. The largest absolute Gasteiger partial charge is 0.494 e. The molecule has 1 aliphatic heterocycles. The van der Waals surface area contributed by atoms with Crippen LogP contribution in [0.2, 0.25) is 10.0 Å². The number of carbonyl (C=O) groups excluding carboxylic acids is 1. The molecule has 1 aliphatic rings. The number of hydrogen-bond acceptors (Lipinski definition) is 6. The number of thiazole rings is 1. The monoisotopic (exact) mass is 478 g/mol. The second-order valence-corrected chi connectivity index (χ2v) is 9.12. The van der Waals surface area contributed by atoms with E-state index in [1.54, 1.807) is 29.5 Å². The molecular formula is C22H24Cl2N4O2S. The van der Waals surface area contributed by atoms with Gasteiger partial charge in [-0.15, -0.1) is 0 Å². The fourth-order valence-corrected chi connectivity index (χ4v) is 5.08. The second-order valence-electron chi connectivity index (χ2n) is 7.27. The Morgan fingerprint density at radius 2 is 1.97 bits per heavy atom. The summed E-state index contributed by atoms with van der Waals surface area (Å²) in [6, 6.07) is 10.9. The summed E-state index contributed by atoms with van der Waals surface area (Å²) >= 11 is 13.7. The molecule has 1 aromatic heterocycles. The summed E-state index contributed by atoms with van der Waals surface area (Å²) in [5.74, 6) is 0.707. The number of halogens is 2. The zero-order valence-corrected chi connectivity index (χ0v) is 19.6. The number of nitrogens with one attached hydrogen (secondary N) is 1. The van der Waals surface area contributed by atoms with E-state index < -0.39 is 0 Å². The lowest BCUT2D eigenvalue weighted by molar-refractivity contribution is 0.0948. The van der Waals surface area contributed by atoms with Crippen molar-refractivity contribution >= 4 is 55.8 Å². The minimum Gasteiger partial charge on any atom is -0.494 e. The van der Waals surface area contributed by atoms with Gasteiger partial charge in [0, 0.05) is 44.3 Å². The maximum absolute atomic E-state index is 12.3. The number of hydrogen-bond donors (Lipinski definition) is 1. The van der Waals surface area contributed by atoms with Gasteiger partial charge in [-0.2, -0.15) is 0 Å². The number of piperazine rings is 1. The van der Waals surface area contributed by atoms with Crippen molar-refractivity contribution in [1.82, 2.24) is 15.2 Å². The van der Waals surface area contributed by atoms with Crippen LogP contribution in [0.25, 0.3) is 10.2 Å². The Morgan fingerprint density at radius 3 is 2.71 bits per heavy atom. The van der Waals surface area contributed by atoms with Crippen molar-refractivity contribution in [2.75, 3.05) is 50.8 Å². The topological polar surface area (TPSA) is 57.7 Å². The molecule has 0 saturated carbocycles. The van der Waals surface area contributed by atoms with Crippen molar-refractivity contribution in [3.63, 3.8) is 0 Å². The molecule has 0 unspecified atom stereocenters. The normalized spacial score (nSPS) is 14.7. The first-order chi connectivity index (χ1) is 15.0. The molecular weight excluding hydrogens is 455 g/mol. The van der Waals surface area contributed by atoms with Gasteiger partial charge in [-0.25, -0.2) is 4.98 Å². The molecule has 1 fully saturated rings. The molecule has 4 rings (SSSR count). The van der Waals surface area contributed by atoms with Gasteiger partial charge in [0.15, 0.2) is 5.13 Å². The van der Waals surface area contributed by atoms with Crippen LogP contribution in [-0.4, -0.2) is 61.7 Å². The summed E-state index contributed by atoms with van der Waals surface area (Å²) in [4.78, 5) is 21.8. The molecule has 0 bridgehead atoms. The van der Waals surface area contributed by atoms with Gasteiger partial charge in [-0.05, 0) is 43.3 Å². The average molecular weight is 479 g/mol. The van der Waals surface area contributed by atoms with Crippen molar-refractivity contribution in [3.05, 3.63) is 52.0 Å². The van der Waals surface area contributed by atoms with E-state index in [0.717, 1.165) is 53.8 Å². The second kappa shape index (κ2) is 10.0. The fraction of sp³-hybridized carbons (Fsp3) is 0.364. The first-order valence-electron chi connectivity index (χ1n) is 10.3. The van der Waals surface area contributed by atoms with Crippen molar-refractivity contribution in [1.29, 1.82) is 0 Å². The maximum atomic E-state index is 12.3. The summed E-state index contributed by atoms with van der Waals surface area (Å²) in [7, 11) is 0. The lowest BCUT2D eigenvalue weighted by Crippen LogP contribution is -2.48. The van der Waals surface area contributed by atoms with Crippen LogP contribution in [0.4, 0.5) is 5.13 Å². The Bertz CT molecular complexity index is 1070. The van der Waals surface area contributed by atoms with Crippen LogP contribution in [-0.2, 0) is 0 Å². The lowest BCUT2D eigenvalue weighted by atomic mass is 10.2. The molecule has 2 heterocycles. The van der Waals surface area contributed by atoms with E-state index in [1.807, 2.05) is 19.1 Å². The van der Waals surface area contributed by atoms with Gasteiger partial charge in [0.25, 0.3) is 5.91 Å². The number of benzene rings is 2. The van der Waals surface area contributed by atoms with Crippen LogP contribution in [0.3, 0.4) is 0 Å². The van der Waals surface area contributed by atoms with E-state index in [-0.39, 0.29) is 5.91 Å². The molecule has 1 saturated heterocycles. The predicted octanol–water partition coefficient (Wildman–Crippen LogP) is 4.55. The fourth-order valence-electron chi connectivity index (χ4n) is 3.54. The summed E-state index contributed by atoms with van der Waals surface area (Å²) in [5, 5.41) is 4.87. The van der Waals surface area contributed by atoms with Gasteiger partial charge >= 0.3 is 0 Å². The van der Waals surface area contributed by atoms with Gasteiger partial charge in [0.1, 0.15) is 5.75 Å². The number of fused-ring (bicyclic) bond motifs is 1. The number of aromatic nitrogens is 1. The third kappa shape index (κ3) is 5.41. The van der Waals surface area contributed by atoms with Gasteiger partial charge < -0.3 is 15.0 Å². The molecule has 9 heteroatoms. The van der Waals surface area contributed by atoms with Crippen LogP contribution < -0.4 is 15.0 Å². The minimum atomic E-state index is -0.179. The SMILES string of the molecule is CCOc1ccc2nc(N3CCN(CCNC(=O)c4ccc(Cl)cc4Cl)CC3)sc2c1. The maximum Gasteiger partial charge on any atom is 0.252 e. The Morgan fingerprint density at radius 1 is 1.16 bits per heavy atom. The smallest absolute Gasteiger partial charge is 0.252 e. The van der Waals surface area contributed by atoms with Gasteiger partial charge in [-0.1, -0.05) is 34.5 Å². The van der Waals surface area contributed by atoms with Crippen LogP contribution in [0.15, 0.2) is 36.4 Å². The van der Waals surface area contributed by atoms with E-state index in [4.69, 9.17) is 32.9 Å². The van der Waals surface area contributed by atoms with Crippen molar-refractivity contribution in [2.45, 2.75) is 6.92 Å². The van der Waals surface area contributed by atoms with E-state index in [0.29, 0.717) is 28.8 Å². The highest BCUT2D eigenvalue weighted by Gasteiger charge is 2.20. The summed E-state index contributed by atoms with van der Waals surface area (Å²) in [6.07, 6.45) is 0. The Hall–Kier alpha value is -2.06. The molecule has 3 aromatic rings. The van der Waals surface area contributed by atoms with Crippen LogP contribution in [0, 0.1) is 0 Å². The first kappa shape index (κ1) is 22.1. The molecule has 0 spiro atoms. The zero-order valence-electron chi connectivity index (χ0n) is 17.2. The molecule has 31 heavy (non-hydrogen) atoms. The highest BCUT2D eigenvalue weighted by molar-refractivity contribution is 7.22. The first-order valence-corrected chi connectivity index (χ1v) is 11.8. The molecule has 0 radical (unpaired) electrons. The Kier molecular flexibility index (Phi) is 7.17. The molecule has 1 amide bonds. The van der Waals surface area contributed by atoms with Gasteiger partial charge in [0.2, 0.25) is 0 Å². The molecule has 0 atom stereocenters. The van der Waals surface area contributed by atoms with E-state index in [2.05, 4.69) is 21.2 Å². The number of carbonyl (C=O) groups is 1.